The van der Waals surface area contributed by atoms with Gasteiger partial charge in [-0.2, -0.15) is 0 Å². The molecule has 0 radical (unpaired) electrons. The van der Waals surface area contributed by atoms with Crippen molar-refractivity contribution in [3.63, 3.8) is 0 Å². The zero-order chi connectivity index (χ0) is 10.8. The number of amides is 1. The molecule has 1 aromatic carbocycles. The summed E-state index contributed by atoms with van der Waals surface area (Å²) in [6, 6.07) is 5.72. The van der Waals surface area contributed by atoms with E-state index in [1.807, 2.05) is 0 Å². The molecule has 1 aromatic rings. The number of benzene rings is 1. The zero-order valence-electron chi connectivity index (χ0n) is 7.30. The summed E-state index contributed by atoms with van der Waals surface area (Å²) in [4.78, 5) is 10.5. The summed E-state index contributed by atoms with van der Waals surface area (Å²) in [5, 5.41) is 0. The van der Waals surface area contributed by atoms with Crippen LogP contribution >= 0.6 is 0 Å². The lowest BCUT2D eigenvalue weighted by molar-refractivity contribution is -0.115. The van der Waals surface area contributed by atoms with Crippen molar-refractivity contribution in [3.05, 3.63) is 24.3 Å². The van der Waals surface area contributed by atoms with Crippen LogP contribution in [0.1, 0.15) is 0 Å². The lowest BCUT2D eigenvalue weighted by atomic mass is 10.3. The highest BCUT2D eigenvalue weighted by molar-refractivity contribution is 7.92. The Balaban J connectivity index is 3.11. The third-order valence-electron chi connectivity index (χ3n) is 1.55. The molecule has 76 valence electrons. The molecule has 14 heavy (non-hydrogen) atoms. The summed E-state index contributed by atoms with van der Waals surface area (Å²) in [7, 11) is -3.64. The molecule has 1 amide bonds. The number of anilines is 1. The minimum Gasteiger partial charge on any atom is -0.399 e. The van der Waals surface area contributed by atoms with Crippen LogP contribution in [0.4, 0.5) is 5.69 Å². The highest BCUT2D eigenvalue weighted by Crippen LogP contribution is 2.13. The van der Waals surface area contributed by atoms with E-state index < -0.39 is 21.5 Å². The lowest BCUT2D eigenvalue weighted by Gasteiger charge is -2.02. The van der Waals surface area contributed by atoms with Crippen molar-refractivity contribution in [1.82, 2.24) is 0 Å². The van der Waals surface area contributed by atoms with Crippen LogP contribution in [-0.2, 0) is 14.6 Å². The van der Waals surface area contributed by atoms with Crippen LogP contribution in [0, 0.1) is 0 Å². The minimum absolute atomic E-state index is 0.0105. The van der Waals surface area contributed by atoms with E-state index in [0.29, 0.717) is 5.69 Å². The molecule has 0 atom stereocenters. The molecular formula is C8H10N2O3S. The highest BCUT2D eigenvalue weighted by Gasteiger charge is 2.17. The largest absolute Gasteiger partial charge is 0.399 e. The van der Waals surface area contributed by atoms with Crippen molar-refractivity contribution in [2.75, 3.05) is 11.5 Å². The average Bonchev–Trinajstić information content (AvgIpc) is 2.01. The van der Waals surface area contributed by atoms with Gasteiger partial charge in [0.2, 0.25) is 5.91 Å². The monoisotopic (exact) mass is 214 g/mol. The Kier molecular flexibility index (Phi) is 2.76. The topological polar surface area (TPSA) is 103 Å². The van der Waals surface area contributed by atoms with E-state index in [-0.39, 0.29) is 4.90 Å². The summed E-state index contributed by atoms with van der Waals surface area (Å²) in [5.41, 5.74) is 10.5. The summed E-state index contributed by atoms with van der Waals surface area (Å²) in [6.45, 7) is 0. The lowest BCUT2D eigenvalue weighted by Crippen LogP contribution is -2.23. The molecule has 0 heterocycles. The Hall–Kier alpha value is -1.56. The number of hydrogen-bond acceptors (Lipinski definition) is 4. The maximum atomic E-state index is 11.4. The van der Waals surface area contributed by atoms with Crippen molar-refractivity contribution in [1.29, 1.82) is 0 Å². The van der Waals surface area contributed by atoms with Crippen molar-refractivity contribution < 1.29 is 13.2 Å². The van der Waals surface area contributed by atoms with Gasteiger partial charge in [0.15, 0.2) is 9.84 Å². The van der Waals surface area contributed by atoms with Crippen LogP contribution in [0.3, 0.4) is 0 Å². The average molecular weight is 214 g/mol. The Labute approximate surface area is 81.6 Å². The van der Waals surface area contributed by atoms with E-state index in [1.54, 1.807) is 6.07 Å². The van der Waals surface area contributed by atoms with Gasteiger partial charge in [0.25, 0.3) is 0 Å². The van der Waals surface area contributed by atoms with E-state index in [9.17, 15) is 13.2 Å². The number of sulfone groups is 1. The molecule has 0 aliphatic heterocycles. The second kappa shape index (κ2) is 3.67. The number of rotatable bonds is 3. The molecule has 0 aromatic heterocycles. The number of nitrogen functional groups attached to an aromatic ring is 1. The second-order valence-corrected chi connectivity index (χ2v) is 4.79. The molecule has 0 bridgehead atoms. The molecule has 0 aliphatic rings. The molecule has 0 saturated heterocycles. The normalized spacial score (nSPS) is 11.1. The SMILES string of the molecule is NC(=O)CS(=O)(=O)c1cccc(N)c1. The van der Waals surface area contributed by atoms with Crippen LogP contribution in [-0.4, -0.2) is 20.1 Å². The standard InChI is InChI=1S/C8H10N2O3S/c9-6-2-1-3-7(4-6)14(12,13)5-8(10)11/h1-4H,5,9H2,(H2,10,11). The molecular weight excluding hydrogens is 204 g/mol. The maximum absolute atomic E-state index is 11.4. The van der Waals surface area contributed by atoms with E-state index in [4.69, 9.17) is 11.5 Å². The number of hydrogen-bond donors (Lipinski definition) is 2. The zero-order valence-corrected chi connectivity index (χ0v) is 8.12. The molecule has 4 N–H and O–H groups in total. The van der Waals surface area contributed by atoms with Gasteiger partial charge < -0.3 is 11.5 Å². The van der Waals surface area contributed by atoms with E-state index in [2.05, 4.69) is 0 Å². The fourth-order valence-corrected chi connectivity index (χ4v) is 2.12. The third-order valence-corrected chi connectivity index (χ3v) is 3.19. The summed E-state index contributed by atoms with van der Waals surface area (Å²) < 4.78 is 22.9. The number of nitrogens with two attached hydrogens (primary N) is 2. The molecule has 0 fully saturated rings. The second-order valence-electron chi connectivity index (χ2n) is 2.80. The summed E-state index contributed by atoms with van der Waals surface area (Å²) in [5.74, 6) is -1.58. The van der Waals surface area contributed by atoms with Crippen LogP contribution in [0.2, 0.25) is 0 Å². The molecule has 0 spiro atoms. The summed E-state index contributed by atoms with van der Waals surface area (Å²) in [6.07, 6.45) is 0. The first kappa shape index (κ1) is 10.5. The fraction of sp³-hybridized carbons (Fsp3) is 0.125. The van der Waals surface area contributed by atoms with Gasteiger partial charge in [0.1, 0.15) is 5.75 Å². The molecule has 1 rings (SSSR count). The van der Waals surface area contributed by atoms with Crippen molar-refractivity contribution in [3.8, 4) is 0 Å². The Morgan fingerprint density at radius 3 is 2.50 bits per heavy atom. The van der Waals surface area contributed by atoms with Gasteiger partial charge in [-0.25, -0.2) is 8.42 Å². The van der Waals surface area contributed by atoms with Crippen LogP contribution in [0.15, 0.2) is 29.2 Å². The Bertz CT molecular complexity index is 453. The predicted octanol–water partition coefficient (Wildman–Crippen LogP) is -0.472. The summed E-state index contributed by atoms with van der Waals surface area (Å²) >= 11 is 0. The van der Waals surface area contributed by atoms with E-state index in [1.165, 1.54) is 18.2 Å². The van der Waals surface area contributed by atoms with Crippen molar-refractivity contribution in [2.24, 2.45) is 5.73 Å². The number of primary amides is 1. The van der Waals surface area contributed by atoms with E-state index >= 15 is 0 Å². The Morgan fingerprint density at radius 2 is 2.00 bits per heavy atom. The van der Waals surface area contributed by atoms with Gasteiger partial charge in [-0.05, 0) is 18.2 Å². The van der Waals surface area contributed by atoms with Crippen LogP contribution < -0.4 is 11.5 Å². The van der Waals surface area contributed by atoms with Gasteiger partial charge >= 0.3 is 0 Å². The van der Waals surface area contributed by atoms with Gasteiger partial charge in [-0.15, -0.1) is 0 Å². The third kappa shape index (κ3) is 2.46. The van der Waals surface area contributed by atoms with Crippen molar-refractivity contribution in [2.45, 2.75) is 4.90 Å². The quantitative estimate of drug-likeness (QED) is 0.663. The molecule has 0 unspecified atom stereocenters. The molecule has 0 aliphatic carbocycles. The Morgan fingerprint density at radius 1 is 1.36 bits per heavy atom. The fourth-order valence-electron chi connectivity index (χ4n) is 0.979. The maximum Gasteiger partial charge on any atom is 0.233 e. The van der Waals surface area contributed by atoms with Gasteiger partial charge in [-0.1, -0.05) is 6.07 Å². The predicted molar refractivity (Wildman–Crippen MR) is 52.1 cm³/mol. The first-order valence-electron chi connectivity index (χ1n) is 3.78. The molecule has 5 nitrogen and oxygen atoms in total. The van der Waals surface area contributed by atoms with Gasteiger partial charge in [-0.3, -0.25) is 4.79 Å². The van der Waals surface area contributed by atoms with Crippen LogP contribution in [0.25, 0.3) is 0 Å². The first-order valence-corrected chi connectivity index (χ1v) is 5.43. The van der Waals surface area contributed by atoms with Gasteiger partial charge in [0.05, 0.1) is 4.90 Å². The molecule has 0 saturated carbocycles. The van der Waals surface area contributed by atoms with Crippen molar-refractivity contribution >= 4 is 21.4 Å². The minimum atomic E-state index is -3.64. The first-order chi connectivity index (χ1) is 6.42. The van der Waals surface area contributed by atoms with E-state index in [0.717, 1.165) is 0 Å². The highest BCUT2D eigenvalue weighted by atomic mass is 32.2. The van der Waals surface area contributed by atoms with Gasteiger partial charge in [0, 0.05) is 5.69 Å². The number of carbonyl (C=O) groups is 1. The van der Waals surface area contributed by atoms with Crippen LogP contribution in [0.5, 0.6) is 0 Å². The number of carbonyl (C=O) groups excluding carboxylic acids is 1. The molecule has 6 heteroatoms. The smallest absolute Gasteiger partial charge is 0.233 e.